The number of amides is 4. The molecule has 4 amide bonds. The predicted molar refractivity (Wildman–Crippen MR) is 138 cm³/mol. The Morgan fingerprint density at radius 3 is 2.39 bits per heavy atom. The summed E-state index contributed by atoms with van der Waals surface area (Å²) in [6.07, 6.45) is 2.76. The molecule has 0 aromatic heterocycles. The number of hydrogen-bond acceptors (Lipinski definition) is 3. The number of hydrogen-bond donors (Lipinski definition) is 1. The molecule has 6 heteroatoms. The number of nitrogens with zero attached hydrogens (tertiary/aromatic N) is 1. The maximum Gasteiger partial charge on any atom is 0.335 e. The molecule has 0 bridgehead atoms. The van der Waals surface area contributed by atoms with Gasteiger partial charge in [-0.2, -0.15) is 0 Å². The van der Waals surface area contributed by atoms with Gasteiger partial charge < -0.3 is 0 Å². The molecule has 0 unspecified atom stereocenters. The zero-order chi connectivity index (χ0) is 25.2. The third-order valence-electron chi connectivity index (χ3n) is 6.34. The maximum absolute atomic E-state index is 13.8. The quantitative estimate of drug-likeness (QED) is 0.291. The molecule has 4 aromatic carbocycles. The fourth-order valence-corrected chi connectivity index (χ4v) is 4.45. The number of anilines is 1. The van der Waals surface area contributed by atoms with E-state index in [4.69, 9.17) is 0 Å². The highest BCUT2D eigenvalue weighted by atomic mass is 19.1. The third-order valence-corrected chi connectivity index (χ3v) is 6.34. The second-order valence-electron chi connectivity index (χ2n) is 8.64. The van der Waals surface area contributed by atoms with Crippen LogP contribution in [0.15, 0.2) is 90.5 Å². The number of fused-ring (bicyclic) bond motifs is 1. The van der Waals surface area contributed by atoms with E-state index in [1.54, 1.807) is 18.2 Å². The summed E-state index contributed by atoms with van der Waals surface area (Å²) in [5.74, 6) is -1.79. The molecule has 5 nitrogen and oxygen atoms in total. The molecule has 1 aliphatic rings. The number of urea groups is 1. The minimum Gasteiger partial charge on any atom is -0.273 e. The van der Waals surface area contributed by atoms with Crippen molar-refractivity contribution in [3.63, 3.8) is 0 Å². The zero-order valence-electron chi connectivity index (χ0n) is 19.6. The number of carbonyl (C=O) groups is 3. The Morgan fingerprint density at radius 2 is 1.64 bits per heavy atom. The second kappa shape index (κ2) is 9.58. The largest absolute Gasteiger partial charge is 0.335 e. The first kappa shape index (κ1) is 23.2. The first-order valence-corrected chi connectivity index (χ1v) is 11.7. The highest BCUT2D eigenvalue weighted by Gasteiger charge is 2.37. The summed E-state index contributed by atoms with van der Waals surface area (Å²) in [6, 6.07) is 24.1. The van der Waals surface area contributed by atoms with Gasteiger partial charge in [0.25, 0.3) is 11.8 Å². The van der Waals surface area contributed by atoms with E-state index in [-0.39, 0.29) is 11.4 Å². The van der Waals surface area contributed by atoms with Crippen LogP contribution in [0.3, 0.4) is 0 Å². The minimum atomic E-state index is -0.788. The van der Waals surface area contributed by atoms with E-state index < -0.39 is 17.8 Å². The summed E-state index contributed by atoms with van der Waals surface area (Å²) in [7, 11) is 0. The Hall–Kier alpha value is -4.58. The van der Waals surface area contributed by atoms with Crippen LogP contribution < -0.4 is 10.2 Å². The van der Waals surface area contributed by atoms with Gasteiger partial charge in [0.1, 0.15) is 11.4 Å². The molecule has 0 saturated carbocycles. The monoisotopic (exact) mass is 478 g/mol. The molecule has 0 radical (unpaired) electrons. The number of barbiturate groups is 1. The molecule has 0 aliphatic carbocycles. The van der Waals surface area contributed by atoms with Crippen LogP contribution in [0.1, 0.15) is 29.2 Å². The van der Waals surface area contributed by atoms with Crippen molar-refractivity contribution in [3.05, 3.63) is 119 Å². The molecule has 0 atom stereocenters. The lowest BCUT2D eigenvalue weighted by Gasteiger charge is -2.26. The minimum absolute atomic E-state index is 0.147. The molecular weight excluding hydrogens is 455 g/mol. The summed E-state index contributed by atoms with van der Waals surface area (Å²) in [5.41, 5.74) is 3.55. The molecule has 1 fully saturated rings. The van der Waals surface area contributed by atoms with Crippen molar-refractivity contribution < 1.29 is 18.8 Å². The summed E-state index contributed by atoms with van der Waals surface area (Å²) >= 11 is 0. The highest BCUT2D eigenvalue weighted by Crippen LogP contribution is 2.29. The van der Waals surface area contributed by atoms with E-state index in [9.17, 15) is 18.8 Å². The lowest BCUT2D eigenvalue weighted by Crippen LogP contribution is -2.54. The standard InChI is InChI=1S/C30H23FN2O3/c1-2-19-10-14-24(15-11-19)33-29(35)27(28(34)32-30(33)36)18-26-22(16-20-6-5-8-23(31)17-20)13-12-21-7-3-4-9-25(21)26/h3-15,17-18H,2,16H2,1H3,(H,32,34,36)/b27-18+. The van der Waals surface area contributed by atoms with Gasteiger partial charge in [-0.3, -0.25) is 14.9 Å². The number of carbonyl (C=O) groups excluding carboxylic acids is 3. The van der Waals surface area contributed by atoms with Crippen LogP contribution in [0.25, 0.3) is 16.8 Å². The van der Waals surface area contributed by atoms with Gasteiger partial charge in [0.15, 0.2) is 0 Å². The summed E-state index contributed by atoms with van der Waals surface area (Å²) in [5, 5.41) is 4.06. The predicted octanol–water partition coefficient (Wildman–Crippen LogP) is 5.80. The molecule has 1 saturated heterocycles. The van der Waals surface area contributed by atoms with Crippen LogP contribution >= 0.6 is 0 Å². The van der Waals surface area contributed by atoms with Crippen molar-refractivity contribution in [1.82, 2.24) is 5.32 Å². The molecule has 1 aliphatic heterocycles. The summed E-state index contributed by atoms with van der Waals surface area (Å²) in [6.45, 7) is 2.01. The van der Waals surface area contributed by atoms with E-state index in [0.29, 0.717) is 17.7 Å². The van der Waals surface area contributed by atoms with Crippen molar-refractivity contribution in [2.75, 3.05) is 4.90 Å². The van der Waals surface area contributed by atoms with Crippen molar-refractivity contribution in [2.45, 2.75) is 19.8 Å². The summed E-state index contributed by atoms with van der Waals surface area (Å²) in [4.78, 5) is 39.9. The topological polar surface area (TPSA) is 66.5 Å². The Bertz CT molecular complexity index is 1540. The molecule has 0 spiro atoms. The van der Waals surface area contributed by atoms with Gasteiger partial charge in [-0.1, -0.05) is 67.6 Å². The molecule has 1 N–H and O–H groups in total. The van der Waals surface area contributed by atoms with Gasteiger partial charge in [-0.15, -0.1) is 0 Å². The number of benzene rings is 4. The van der Waals surface area contributed by atoms with E-state index in [1.165, 1.54) is 18.2 Å². The fraction of sp³-hybridized carbons (Fsp3) is 0.100. The zero-order valence-corrected chi connectivity index (χ0v) is 19.6. The van der Waals surface area contributed by atoms with E-state index in [2.05, 4.69) is 5.32 Å². The van der Waals surface area contributed by atoms with Gasteiger partial charge in [-0.25, -0.2) is 14.1 Å². The number of aryl methyl sites for hydroxylation is 1. The van der Waals surface area contributed by atoms with Crippen LogP contribution in [0.2, 0.25) is 0 Å². The van der Waals surface area contributed by atoms with Crippen LogP contribution in [0.5, 0.6) is 0 Å². The van der Waals surface area contributed by atoms with Crippen molar-refractivity contribution in [2.24, 2.45) is 0 Å². The number of rotatable bonds is 5. The fourth-order valence-electron chi connectivity index (χ4n) is 4.45. The smallest absolute Gasteiger partial charge is 0.273 e. The Morgan fingerprint density at radius 1 is 0.861 bits per heavy atom. The van der Waals surface area contributed by atoms with Crippen LogP contribution in [-0.4, -0.2) is 17.8 Å². The van der Waals surface area contributed by atoms with Crippen LogP contribution in [0.4, 0.5) is 14.9 Å². The van der Waals surface area contributed by atoms with E-state index in [1.807, 2.05) is 61.5 Å². The van der Waals surface area contributed by atoms with E-state index in [0.717, 1.165) is 38.8 Å². The normalized spacial score (nSPS) is 15.0. The average Bonchev–Trinajstić information content (AvgIpc) is 2.87. The third kappa shape index (κ3) is 4.41. The van der Waals surface area contributed by atoms with Gasteiger partial charge in [0.2, 0.25) is 0 Å². The Labute approximate surface area is 207 Å². The number of imide groups is 2. The van der Waals surface area contributed by atoms with Crippen molar-refractivity contribution in [3.8, 4) is 0 Å². The molecule has 1 heterocycles. The lowest BCUT2D eigenvalue weighted by atomic mass is 9.92. The first-order valence-electron chi connectivity index (χ1n) is 11.7. The molecule has 4 aromatic rings. The molecule has 178 valence electrons. The SMILES string of the molecule is CCc1ccc(N2C(=O)NC(=O)/C(=C\c3c(Cc4cccc(F)c4)ccc4ccccc34)C2=O)cc1. The average molecular weight is 479 g/mol. The lowest BCUT2D eigenvalue weighted by molar-refractivity contribution is -0.122. The van der Waals surface area contributed by atoms with Gasteiger partial charge in [-0.05, 0) is 76.2 Å². The van der Waals surface area contributed by atoms with Crippen molar-refractivity contribution in [1.29, 1.82) is 0 Å². The summed E-state index contributed by atoms with van der Waals surface area (Å²) < 4.78 is 13.8. The van der Waals surface area contributed by atoms with E-state index >= 15 is 0 Å². The Balaban J connectivity index is 1.62. The number of halogens is 1. The maximum atomic E-state index is 13.8. The highest BCUT2D eigenvalue weighted by molar-refractivity contribution is 6.39. The van der Waals surface area contributed by atoms with Crippen LogP contribution in [0, 0.1) is 5.82 Å². The molecular formula is C30H23FN2O3. The van der Waals surface area contributed by atoms with Gasteiger partial charge in [0.05, 0.1) is 5.69 Å². The Kier molecular flexibility index (Phi) is 6.17. The van der Waals surface area contributed by atoms with Gasteiger partial charge in [0, 0.05) is 0 Å². The van der Waals surface area contributed by atoms with Crippen LogP contribution in [-0.2, 0) is 22.4 Å². The van der Waals surface area contributed by atoms with Crippen molar-refractivity contribution >= 4 is 40.4 Å². The second-order valence-corrected chi connectivity index (χ2v) is 8.64. The number of nitrogens with one attached hydrogen (secondary N) is 1. The molecule has 5 rings (SSSR count). The molecule has 36 heavy (non-hydrogen) atoms. The van der Waals surface area contributed by atoms with Gasteiger partial charge >= 0.3 is 6.03 Å². The first-order chi connectivity index (χ1) is 17.4.